The Morgan fingerprint density at radius 3 is 2.56 bits per heavy atom. The van der Waals surface area contributed by atoms with Gasteiger partial charge in [0.25, 0.3) is 5.91 Å². The van der Waals surface area contributed by atoms with Gasteiger partial charge in [-0.25, -0.2) is 9.97 Å². The maximum atomic E-state index is 12.8. The Balaban J connectivity index is 1.69. The Morgan fingerprint density at radius 1 is 1.04 bits per heavy atom. The van der Waals surface area contributed by atoms with Crippen LogP contribution in [-0.2, 0) is 12.7 Å². The molecule has 1 aromatic carbocycles. The first-order valence-electron chi connectivity index (χ1n) is 7.85. The van der Waals surface area contributed by atoms with Gasteiger partial charge in [-0.1, -0.05) is 6.07 Å². The summed E-state index contributed by atoms with van der Waals surface area (Å²) in [6.07, 6.45) is -0.0504. The molecule has 0 aliphatic heterocycles. The summed E-state index contributed by atoms with van der Waals surface area (Å²) >= 11 is 0. The van der Waals surface area contributed by atoms with E-state index in [1.165, 1.54) is 18.2 Å². The van der Waals surface area contributed by atoms with Crippen LogP contribution in [0.2, 0.25) is 0 Å². The van der Waals surface area contributed by atoms with Gasteiger partial charge in [-0.2, -0.15) is 13.2 Å². The molecule has 0 aliphatic carbocycles. The van der Waals surface area contributed by atoms with Crippen LogP contribution < -0.4 is 10.6 Å². The van der Waals surface area contributed by atoms with Gasteiger partial charge in [-0.05, 0) is 35.9 Å². The summed E-state index contributed by atoms with van der Waals surface area (Å²) in [6.45, 7) is 0.293. The van der Waals surface area contributed by atoms with E-state index in [4.69, 9.17) is 0 Å². The molecule has 0 fully saturated rings. The van der Waals surface area contributed by atoms with E-state index < -0.39 is 17.6 Å². The molecule has 0 spiro atoms. The number of nitrogens with one attached hydrogen (secondary N) is 2. The van der Waals surface area contributed by atoms with Crippen LogP contribution in [0.15, 0.2) is 61.2 Å². The van der Waals surface area contributed by atoms with Crippen molar-refractivity contribution in [2.45, 2.75) is 12.7 Å². The summed E-state index contributed by atoms with van der Waals surface area (Å²) in [5, 5.41) is 5.45. The van der Waals surface area contributed by atoms with Crippen molar-refractivity contribution in [3.8, 4) is 0 Å². The molecule has 2 heterocycles. The van der Waals surface area contributed by atoms with Crippen LogP contribution in [0.5, 0.6) is 0 Å². The molecule has 2 N–H and O–H groups in total. The SMILES string of the molecule is O=C(NCc1ccncc1)c1cc(Nc2cccc(C(F)(F)F)c2)ncn1. The molecule has 2 aromatic heterocycles. The van der Waals surface area contributed by atoms with Gasteiger partial charge in [0.15, 0.2) is 0 Å². The summed E-state index contributed by atoms with van der Waals surface area (Å²) in [4.78, 5) is 23.9. The number of benzene rings is 1. The summed E-state index contributed by atoms with van der Waals surface area (Å²) in [7, 11) is 0. The minimum absolute atomic E-state index is 0.0912. The number of alkyl halides is 3. The standard InChI is InChI=1S/C18H14F3N5O/c19-18(20,21)13-2-1-3-14(8-13)26-16-9-15(24-11-25-16)17(27)23-10-12-4-6-22-7-5-12/h1-9,11H,10H2,(H,23,27)(H,24,25,26). The number of hydrogen-bond donors (Lipinski definition) is 2. The molecule has 1 amide bonds. The number of carbonyl (C=O) groups is 1. The third kappa shape index (κ3) is 5.00. The Labute approximate surface area is 152 Å². The van der Waals surface area contributed by atoms with Gasteiger partial charge >= 0.3 is 6.18 Å². The number of halogens is 3. The molecule has 9 heteroatoms. The minimum atomic E-state index is -4.44. The zero-order chi connectivity index (χ0) is 19.3. The fraction of sp³-hybridized carbons (Fsp3) is 0.111. The van der Waals surface area contributed by atoms with Gasteiger partial charge in [0.05, 0.1) is 5.56 Å². The second-order valence-corrected chi connectivity index (χ2v) is 5.53. The molecule has 0 saturated heterocycles. The molecule has 0 bridgehead atoms. The van der Waals surface area contributed by atoms with E-state index in [2.05, 4.69) is 25.6 Å². The second kappa shape index (κ2) is 7.81. The molecular formula is C18H14F3N5O. The lowest BCUT2D eigenvalue weighted by Crippen LogP contribution is -2.24. The fourth-order valence-corrected chi connectivity index (χ4v) is 2.24. The van der Waals surface area contributed by atoms with E-state index in [-0.39, 0.29) is 17.2 Å². The topological polar surface area (TPSA) is 79.8 Å². The lowest BCUT2D eigenvalue weighted by Gasteiger charge is -2.10. The minimum Gasteiger partial charge on any atom is -0.347 e. The number of nitrogens with zero attached hydrogens (tertiary/aromatic N) is 3. The van der Waals surface area contributed by atoms with Crippen molar-refractivity contribution in [2.75, 3.05) is 5.32 Å². The number of rotatable bonds is 5. The van der Waals surface area contributed by atoms with Crippen LogP contribution >= 0.6 is 0 Å². The molecule has 138 valence electrons. The van der Waals surface area contributed by atoms with Gasteiger partial charge in [0.1, 0.15) is 17.8 Å². The average Bonchev–Trinajstić information content (AvgIpc) is 2.67. The zero-order valence-electron chi connectivity index (χ0n) is 13.9. The highest BCUT2D eigenvalue weighted by Gasteiger charge is 2.30. The van der Waals surface area contributed by atoms with Crippen molar-refractivity contribution in [3.05, 3.63) is 78.0 Å². The van der Waals surface area contributed by atoms with Gasteiger partial charge < -0.3 is 10.6 Å². The number of hydrogen-bond acceptors (Lipinski definition) is 5. The molecule has 3 aromatic rings. The molecule has 0 radical (unpaired) electrons. The molecule has 6 nitrogen and oxygen atoms in total. The summed E-state index contributed by atoms with van der Waals surface area (Å²) in [5.74, 6) is -0.223. The average molecular weight is 373 g/mol. The summed E-state index contributed by atoms with van der Waals surface area (Å²) in [5.41, 5.74) is 0.381. The molecule has 27 heavy (non-hydrogen) atoms. The lowest BCUT2D eigenvalue weighted by molar-refractivity contribution is -0.137. The first-order valence-corrected chi connectivity index (χ1v) is 7.85. The smallest absolute Gasteiger partial charge is 0.347 e. The monoisotopic (exact) mass is 373 g/mol. The van der Waals surface area contributed by atoms with Crippen LogP contribution in [0.1, 0.15) is 21.6 Å². The third-order valence-corrected chi connectivity index (χ3v) is 3.56. The van der Waals surface area contributed by atoms with E-state index in [0.717, 1.165) is 24.0 Å². The molecule has 3 rings (SSSR count). The Hall–Kier alpha value is -3.49. The maximum Gasteiger partial charge on any atom is 0.416 e. The number of amides is 1. The Bertz CT molecular complexity index is 932. The molecular weight excluding hydrogens is 359 g/mol. The fourth-order valence-electron chi connectivity index (χ4n) is 2.24. The van der Waals surface area contributed by atoms with Crippen LogP contribution in [0.4, 0.5) is 24.7 Å². The molecule has 0 saturated carbocycles. The molecule has 0 aliphatic rings. The van der Waals surface area contributed by atoms with Crippen molar-refractivity contribution in [1.82, 2.24) is 20.3 Å². The molecule has 0 atom stereocenters. The number of carbonyl (C=O) groups excluding carboxylic acids is 1. The van der Waals surface area contributed by atoms with Crippen molar-refractivity contribution in [2.24, 2.45) is 0 Å². The highest BCUT2D eigenvalue weighted by Crippen LogP contribution is 2.31. The van der Waals surface area contributed by atoms with Crippen molar-refractivity contribution in [3.63, 3.8) is 0 Å². The number of anilines is 2. The van der Waals surface area contributed by atoms with Crippen LogP contribution in [-0.4, -0.2) is 20.9 Å². The largest absolute Gasteiger partial charge is 0.416 e. The normalized spacial score (nSPS) is 11.1. The van der Waals surface area contributed by atoms with Crippen molar-refractivity contribution >= 4 is 17.4 Å². The quantitative estimate of drug-likeness (QED) is 0.715. The van der Waals surface area contributed by atoms with Gasteiger partial charge in [-0.3, -0.25) is 9.78 Å². The van der Waals surface area contributed by atoms with E-state index in [1.807, 2.05) is 0 Å². The maximum absolute atomic E-state index is 12.8. The predicted octanol–water partition coefficient (Wildman–Crippen LogP) is 3.56. The van der Waals surface area contributed by atoms with E-state index in [9.17, 15) is 18.0 Å². The van der Waals surface area contributed by atoms with Crippen LogP contribution in [0.3, 0.4) is 0 Å². The van der Waals surface area contributed by atoms with Crippen molar-refractivity contribution in [1.29, 1.82) is 0 Å². The zero-order valence-corrected chi connectivity index (χ0v) is 13.9. The first-order chi connectivity index (χ1) is 12.9. The lowest BCUT2D eigenvalue weighted by atomic mass is 10.2. The van der Waals surface area contributed by atoms with Gasteiger partial charge in [0.2, 0.25) is 0 Å². The van der Waals surface area contributed by atoms with E-state index >= 15 is 0 Å². The van der Waals surface area contributed by atoms with Crippen LogP contribution in [0, 0.1) is 0 Å². The summed E-state index contributed by atoms with van der Waals surface area (Å²) < 4.78 is 38.4. The highest BCUT2D eigenvalue weighted by atomic mass is 19.4. The second-order valence-electron chi connectivity index (χ2n) is 5.53. The predicted molar refractivity (Wildman–Crippen MR) is 92.2 cm³/mol. The Morgan fingerprint density at radius 2 is 1.81 bits per heavy atom. The van der Waals surface area contributed by atoms with E-state index in [0.29, 0.717) is 6.54 Å². The number of pyridine rings is 1. The first kappa shape index (κ1) is 18.3. The summed E-state index contributed by atoms with van der Waals surface area (Å²) in [6, 6.07) is 9.59. The third-order valence-electron chi connectivity index (χ3n) is 3.56. The number of aromatic nitrogens is 3. The van der Waals surface area contributed by atoms with Gasteiger partial charge in [0, 0.05) is 30.7 Å². The van der Waals surface area contributed by atoms with E-state index in [1.54, 1.807) is 24.5 Å². The van der Waals surface area contributed by atoms with Crippen LogP contribution in [0.25, 0.3) is 0 Å². The van der Waals surface area contributed by atoms with Crippen molar-refractivity contribution < 1.29 is 18.0 Å². The highest BCUT2D eigenvalue weighted by molar-refractivity contribution is 5.92. The Kier molecular flexibility index (Phi) is 5.30. The molecule has 0 unspecified atom stereocenters. The van der Waals surface area contributed by atoms with Gasteiger partial charge in [-0.15, -0.1) is 0 Å².